The normalized spacial score (nSPS) is 10.9. The van der Waals surface area contributed by atoms with E-state index in [1.165, 1.54) is 4.90 Å². The van der Waals surface area contributed by atoms with E-state index < -0.39 is 0 Å². The molecular weight excluding hydrogens is 372 g/mol. The van der Waals surface area contributed by atoms with Crippen molar-refractivity contribution in [1.29, 1.82) is 0 Å². The monoisotopic (exact) mass is 396 g/mol. The fraction of sp³-hybridized carbons (Fsp3) is 0.273. The Kier molecular flexibility index (Phi) is 6.76. The third kappa shape index (κ3) is 5.63. The van der Waals surface area contributed by atoms with Crippen LogP contribution in [0.1, 0.15) is 25.1 Å². The molecule has 3 aromatic rings. The van der Waals surface area contributed by atoms with Crippen LogP contribution in [0, 0.1) is 0 Å². The molecule has 0 aliphatic carbocycles. The van der Waals surface area contributed by atoms with E-state index in [9.17, 15) is 4.79 Å². The number of hydrogen-bond acceptors (Lipinski definition) is 5. The van der Waals surface area contributed by atoms with Crippen molar-refractivity contribution in [3.05, 3.63) is 65.9 Å². The van der Waals surface area contributed by atoms with Crippen LogP contribution >= 0.6 is 11.8 Å². The van der Waals surface area contributed by atoms with Gasteiger partial charge in [-0.15, -0.1) is 11.8 Å². The standard InChI is InChI=1S/C22H24N2O3S/c1-15(2)28-20-9-7-16(8-10-20)11-22(25)23-14-18-13-21(27-24-18)17-5-4-6-19(12-17)26-3/h4-10,12-13,15H,11,14H2,1-3H3,(H,23,25). The van der Waals surface area contributed by atoms with Gasteiger partial charge in [-0.25, -0.2) is 0 Å². The molecule has 1 N–H and O–H groups in total. The molecule has 6 heteroatoms. The molecule has 1 aromatic heterocycles. The Labute approximate surface area is 169 Å². The predicted molar refractivity (Wildman–Crippen MR) is 111 cm³/mol. The SMILES string of the molecule is COc1cccc(-c2cc(CNC(=O)Cc3ccc(SC(C)C)cc3)no2)c1. The van der Waals surface area contributed by atoms with Crippen LogP contribution in [-0.4, -0.2) is 23.4 Å². The van der Waals surface area contributed by atoms with E-state index in [2.05, 4.69) is 36.5 Å². The first kappa shape index (κ1) is 20.0. The summed E-state index contributed by atoms with van der Waals surface area (Å²) in [7, 11) is 1.62. The molecule has 1 heterocycles. The number of ether oxygens (including phenoxy) is 1. The smallest absolute Gasteiger partial charge is 0.224 e. The minimum atomic E-state index is -0.0461. The fourth-order valence-electron chi connectivity index (χ4n) is 2.70. The van der Waals surface area contributed by atoms with Crippen molar-refractivity contribution in [2.45, 2.75) is 37.0 Å². The summed E-state index contributed by atoms with van der Waals surface area (Å²) in [5.74, 6) is 1.35. The average Bonchev–Trinajstić information content (AvgIpc) is 3.17. The van der Waals surface area contributed by atoms with Crippen LogP contribution in [0.3, 0.4) is 0 Å². The molecule has 0 aliphatic heterocycles. The molecule has 3 rings (SSSR count). The molecule has 0 radical (unpaired) electrons. The number of nitrogens with zero attached hydrogens (tertiary/aromatic N) is 1. The highest BCUT2D eigenvalue weighted by Crippen LogP contribution is 2.25. The first-order valence-electron chi connectivity index (χ1n) is 9.16. The third-order valence-electron chi connectivity index (χ3n) is 4.04. The second-order valence-corrected chi connectivity index (χ2v) is 8.33. The first-order valence-corrected chi connectivity index (χ1v) is 10.0. The summed E-state index contributed by atoms with van der Waals surface area (Å²) in [6, 6.07) is 17.5. The average molecular weight is 397 g/mol. The van der Waals surface area contributed by atoms with Gasteiger partial charge in [-0.05, 0) is 29.8 Å². The van der Waals surface area contributed by atoms with E-state index in [0.29, 0.717) is 29.7 Å². The van der Waals surface area contributed by atoms with E-state index in [1.807, 2.05) is 54.2 Å². The second-order valence-electron chi connectivity index (χ2n) is 6.68. The quantitative estimate of drug-likeness (QED) is 0.559. The topological polar surface area (TPSA) is 64.4 Å². The Bertz CT molecular complexity index is 920. The lowest BCUT2D eigenvalue weighted by atomic mass is 10.1. The van der Waals surface area contributed by atoms with Crippen molar-refractivity contribution in [3.63, 3.8) is 0 Å². The number of carbonyl (C=O) groups is 1. The highest BCUT2D eigenvalue weighted by molar-refractivity contribution is 7.99. The van der Waals surface area contributed by atoms with E-state index >= 15 is 0 Å². The van der Waals surface area contributed by atoms with Gasteiger partial charge in [0.1, 0.15) is 11.4 Å². The van der Waals surface area contributed by atoms with Gasteiger partial charge in [-0.2, -0.15) is 0 Å². The number of thioether (sulfide) groups is 1. The summed E-state index contributed by atoms with van der Waals surface area (Å²) in [5.41, 5.74) is 2.54. The predicted octanol–water partition coefficient (Wildman–Crippen LogP) is 4.71. The minimum absolute atomic E-state index is 0.0461. The summed E-state index contributed by atoms with van der Waals surface area (Å²) in [6.07, 6.45) is 0.340. The van der Waals surface area contributed by atoms with Crippen LogP contribution in [0.15, 0.2) is 64.0 Å². The molecule has 5 nitrogen and oxygen atoms in total. The lowest BCUT2D eigenvalue weighted by molar-refractivity contribution is -0.120. The summed E-state index contributed by atoms with van der Waals surface area (Å²) >= 11 is 1.81. The number of aromatic nitrogens is 1. The Morgan fingerprint density at radius 3 is 2.68 bits per heavy atom. The van der Waals surface area contributed by atoms with E-state index in [4.69, 9.17) is 9.26 Å². The molecule has 0 saturated carbocycles. The molecule has 0 atom stereocenters. The zero-order valence-electron chi connectivity index (χ0n) is 16.3. The molecule has 146 valence electrons. The third-order valence-corrected chi connectivity index (χ3v) is 5.06. The molecule has 0 bridgehead atoms. The Balaban J connectivity index is 1.53. The van der Waals surface area contributed by atoms with Crippen molar-refractivity contribution in [2.24, 2.45) is 0 Å². The Morgan fingerprint density at radius 1 is 1.18 bits per heavy atom. The first-order chi connectivity index (χ1) is 13.5. The number of carbonyl (C=O) groups excluding carboxylic acids is 1. The summed E-state index contributed by atoms with van der Waals surface area (Å²) in [6.45, 7) is 4.65. The molecular formula is C22H24N2O3S. The second kappa shape index (κ2) is 9.46. The number of methoxy groups -OCH3 is 1. The number of hydrogen-bond donors (Lipinski definition) is 1. The number of rotatable bonds is 8. The van der Waals surface area contributed by atoms with Crippen molar-refractivity contribution in [3.8, 4) is 17.1 Å². The maximum absolute atomic E-state index is 12.2. The zero-order chi connectivity index (χ0) is 19.9. The van der Waals surface area contributed by atoms with Gasteiger partial charge < -0.3 is 14.6 Å². The fourth-order valence-corrected chi connectivity index (χ4v) is 3.54. The highest BCUT2D eigenvalue weighted by atomic mass is 32.2. The maximum atomic E-state index is 12.2. The molecule has 0 saturated heterocycles. The van der Waals surface area contributed by atoms with Crippen LogP contribution < -0.4 is 10.1 Å². The van der Waals surface area contributed by atoms with Crippen molar-refractivity contribution < 1.29 is 14.1 Å². The van der Waals surface area contributed by atoms with Crippen LogP contribution in [0.4, 0.5) is 0 Å². The molecule has 2 aromatic carbocycles. The lowest BCUT2D eigenvalue weighted by Crippen LogP contribution is -2.24. The van der Waals surface area contributed by atoms with E-state index in [0.717, 1.165) is 16.9 Å². The van der Waals surface area contributed by atoms with Crippen LogP contribution in [0.5, 0.6) is 5.75 Å². The molecule has 0 unspecified atom stereocenters. The molecule has 1 amide bonds. The van der Waals surface area contributed by atoms with Gasteiger partial charge in [0, 0.05) is 21.8 Å². The molecule has 0 aliphatic rings. The van der Waals surface area contributed by atoms with Gasteiger partial charge in [-0.3, -0.25) is 4.79 Å². The Hall–Kier alpha value is -2.73. The number of nitrogens with one attached hydrogen (secondary N) is 1. The van der Waals surface area contributed by atoms with Gasteiger partial charge in [-0.1, -0.05) is 43.3 Å². The minimum Gasteiger partial charge on any atom is -0.497 e. The number of benzene rings is 2. The largest absolute Gasteiger partial charge is 0.497 e. The highest BCUT2D eigenvalue weighted by Gasteiger charge is 2.10. The van der Waals surface area contributed by atoms with E-state index in [-0.39, 0.29) is 5.91 Å². The maximum Gasteiger partial charge on any atom is 0.224 e. The van der Waals surface area contributed by atoms with Crippen LogP contribution in [0.2, 0.25) is 0 Å². The lowest BCUT2D eigenvalue weighted by Gasteiger charge is -2.06. The van der Waals surface area contributed by atoms with Gasteiger partial charge in [0.15, 0.2) is 5.76 Å². The summed E-state index contributed by atoms with van der Waals surface area (Å²) < 4.78 is 10.6. The van der Waals surface area contributed by atoms with Gasteiger partial charge >= 0.3 is 0 Å². The molecule has 0 spiro atoms. The van der Waals surface area contributed by atoms with Crippen LogP contribution in [0.25, 0.3) is 11.3 Å². The van der Waals surface area contributed by atoms with Gasteiger partial charge in [0.25, 0.3) is 0 Å². The van der Waals surface area contributed by atoms with Crippen molar-refractivity contribution in [2.75, 3.05) is 7.11 Å². The van der Waals surface area contributed by atoms with Crippen molar-refractivity contribution in [1.82, 2.24) is 10.5 Å². The van der Waals surface area contributed by atoms with Gasteiger partial charge in [0.2, 0.25) is 5.91 Å². The summed E-state index contributed by atoms with van der Waals surface area (Å²) in [5, 5.41) is 7.46. The number of amides is 1. The van der Waals surface area contributed by atoms with Crippen molar-refractivity contribution >= 4 is 17.7 Å². The Morgan fingerprint density at radius 2 is 1.96 bits per heavy atom. The molecule has 0 fully saturated rings. The summed E-state index contributed by atoms with van der Waals surface area (Å²) in [4.78, 5) is 13.4. The molecule has 28 heavy (non-hydrogen) atoms. The van der Waals surface area contributed by atoms with Gasteiger partial charge in [0.05, 0.1) is 20.1 Å². The zero-order valence-corrected chi connectivity index (χ0v) is 17.1. The van der Waals surface area contributed by atoms with E-state index in [1.54, 1.807) is 7.11 Å². The van der Waals surface area contributed by atoms with Crippen LogP contribution in [-0.2, 0) is 17.8 Å².